The summed E-state index contributed by atoms with van der Waals surface area (Å²) in [5.74, 6) is 1.24. The van der Waals surface area contributed by atoms with Crippen LogP contribution in [0.25, 0.3) is 0 Å². The monoisotopic (exact) mass is 286 g/mol. The third-order valence-corrected chi connectivity index (χ3v) is 5.88. The van der Waals surface area contributed by atoms with Gasteiger partial charge in [-0.3, -0.25) is 0 Å². The average Bonchev–Trinajstić information content (AvgIpc) is 2.84. The summed E-state index contributed by atoms with van der Waals surface area (Å²) in [6.07, 6.45) is 3.40. The van der Waals surface area contributed by atoms with Crippen LogP contribution in [0.2, 0.25) is 0 Å². The Morgan fingerprint density at radius 3 is 2.79 bits per heavy atom. The van der Waals surface area contributed by atoms with Crippen molar-refractivity contribution in [2.45, 2.75) is 24.6 Å². The molecule has 0 aromatic carbocycles. The fourth-order valence-corrected chi connectivity index (χ4v) is 4.26. The minimum absolute atomic E-state index is 0.214. The lowest BCUT2D eigenvalue weighted by Crippen LogP contribution is -2.30. The first-order valence-corrected chi connectivity index (χ1v) is 8.23. The summed E-state index contributed by atoms with van der Waals surface area (Å²) in [5, 5.41) is 3.02. The maximum Gasteiger partial charge on any atom is 0.204 e. The molecule has 6 nitrogen and oxygen atoms in total. The van der Waals surface area contributed by atoms with Crippen molar-refractivity contribution in [2.24, 2.45) is 7.05 Å². The molecule has 1 aromatic rings. The van der Waals surface area contributed by atoms with E-state index in [2.05, 4.69) is 10.3 Å². The molecule has 0 saturated carbocycles. The molecule has 1 atom stereocenters. The number of anilines is 1. The maximum atomic E-state index is 11.7. The second kappa shape index (κ2) is 5.50. The standard InChI is InChI=1S/C12H22N4O2S/c1-15(2)12-14-8-10(16(12)3)7-13-9-11-5-4-6-19(11,17)18/h8,11,13H,4-7,9H2,1-3H3. The summed E-state index contributed by atoms with van der Waals surface area (Å²) < 4.78 is 25.4. The lowest BCUT2D eigenvalue weighted by Gasteiger charge is -2.14. The number of aromatic nitrogens is 2. The van der Waals surface area contributed by atoms with Crippen molar-refractivity contribution in [3.63, 3.8) is 0 Å². The highest BCUT2D eigenvalue weighted by Gasteiger charge is 2.30. The molecule has 0 aliphatic carbocycles. The Bertz CT molecular complexity index is 536. The molecule has 0 amide bonds. The Hall–Kier alpha value is -1.08. The van der Waals surface area contributed by atoms with Gasteiger partial charge in [-0.05, 0) is 12.8 Å². The van der Waals surface area contributed by atoms with Crippen molar-refractivity contribution >= 4 is 15.8 Å². The first kappa shape index (κ1) is 14.3. The summed E-state index contributed by atoms with van der Waals surface area (Å²) in [7, 11) is 3.01. The third-order valence-electron chi connectivity index (χ3n) is 3.60. The molecule has 19 heavy (non-hydrogen) atoms. The van der Waals surface area contributed by atoms with Gasteiger partial charge in [0.2, 0.25) is 5.95 Å². The Balaban J connectivity index is 1.90. The Kier molecular flexibility index (Phi) is 4.15. The second-order valence-corrected chi connectivity index (χ2v) is 7.67. The van der Waals surface area contributed by atoms with Crippen molar-refractivity contribution in [1.82, 2.24) is 14.9 Å². The van der Waals surface area contributed by atoms with E-state index in [1.165, 1.54) is 0 Å². The van der Waals surface area contributed by atoms with E-state index >= 15 is 0 Å². The summed E-state index contributed by atoms with van der Waals surface area (Å²) in [6.45, 7) is 1.17. The molecule has 108 valence electrons. The largest absolute Gasteiger partial charge is 0.348 e. The number of hydrogen-bond acceptors (Lipinski definition) is 5. The maximum absolute atomic E-state index is 11.7. The van der Waals surface area contributed by atoms with Crippen LogP contribution in [0.5, 0.6) is 0 Å². The highest BCUT2D eigenvalue weighted by Crippen LogP contribution is 2.19. The van der Waals surface area contributed by atoms with Gasteiger partial charge in [-0.2, -0.15) is 0 Å². The van der Waals surface area contributed by atoms with Crippen LogP contribution in [-0.2, 0) is 23.4 Å². The SMILES string of the molecule is CN(C)c1ncc(CNCC2CCCS2(=O)=O)n1C. The number of sulfone groups is 1. The van der Waals surface area contributed by atoms with Crippen LogP contribution in [0.15, 0.2) is 6.20 Å². The normalized spacial score (nSPS) is 21.7. The van der Waals surface area contributed by atoms with Crippen molar-refractivity contribution in [3.8, 4) is 0 Å². The zero-order chi connectivity index (χ0) is 14.0. The molecule has 1 aliphatic heterocycles. The number of rotatable bonds is 5. The highest BCUT2D eigenvalue weighted by molar-refractivity contribution is 7.92. The average molecular weight is 286 g/mol. The predicted molar refractivity (Wildman–Crippen MR) is 76.1 cm³/mol. The van der Waals surface area contributed by atoms with Gasteiger partial charge in [-0.15, -0.1) is 0 Å². The molecule has 0 bridgehead atoms. The molecule has 1 fully saturated rings. The fourth-order valence-electron chi connectivity index (χ4n) is 2.46. The molecule has 1 N–H and O–H groups in total. The van der Waals surface area contributed by atoms with Gasteiger partial charge in [0.25, 0.3) is 0 Å². The lowest BCUT2D eigenvalue weighted by atomic mass is 10.2. The molecular weight excluding hydrogens is 264 g/mol. The Labute approximate surface area is 114 Å². The highest BCUT2D eigenvalue weighted by atomic mass is 32.2. The molecule has 2 rings (SSSR count). The summed E-state index contributed by atoms with van der Waals surface area (Å²) in [4.78, 5) is 6.27. The fraction of sp³-hybridized carbons (Fsp3) is 0.750. The van der Waals surface area contributed by atoms with Crippen molar-refractivity contribution in [3.05, 3.63) is 11.9 Å². The molecule has 1 aliphatic rings. The third kappa shape index (κ3) is 3.09. The van der Waals surface area contributed by atoms with Gasteiger partial charge < -0.3 is 14.8 Å². The van der Waals surface area contributed by atoms with Crippen molar-refractivity contribution in [2.75, 3.05) is 31.3 Å². The molecule has 2 heterocycles. The first-order valence-electron chi connectivity index (χ1n) is 6.52. The van der Waals surface area contributed by atoms with E-state index in [9.17, 15) is 8.42 Å². The number of imidazole rings is 1. The van der Waals surface area contributed by atoms with E-state index in [0.29, 0.717) is 18.8 Å². The Morgan fingerprint density at radius 1 is 1.53 bits per heavy atom. The van der Waals surface area contributed by atoms with Crippen LogP contribution in [0.3, 0.4) is 0 Å². The van der Waals surface area contributed by atoms with Crippen molar-refractivity contribution in [1.29, 1.82) is 0 Å². The molecule has 0 radical (unpaired) electrons. The molecule has 1 aromatic heterocycles. The van der Waals surface area contributed by atoms with Crippen molar-refractivity contribution < 1.29 is 8.42 Å². The Morgan fingerprint density at radius 2 is 2.26 bits per heavy atom. The number of hydrogen-bond donors (Lipinski definition) is 1. The van der Waals surface area contributed by atoms with E-state index in [0.717, 1.165) is 24.5 Å². The second-order valence-electron chi connectivity index (χ2n) is 5.27. The molecule has 1 unspecified atom stereocenters. The van der Waals surface area contributed by atoms with Crippen LogP contribution in [0.1, 0.15) is 18.5 Å². The van der Waals surface area contributed by atoms with Crippen LogP contribution < -0.4 is 10.2 Å². The number of nitrogens with zero attached hydrogens (tertiary/aromatic N) is 3. The topological polar surface area (TPSA) is 67.2 Å². The summed E-state index contributed by atoms with van der Waals surface area (Å²) in [5.41, 5.74) is 1.05. The quantitative estimate of drug-likeness (QED) is 0.835. The van der Waals surface area contributed by atoms with Crippen LogP contribution in [0.4, 0.5) is 5.95 Å². The lowest BCUT2D eigenvalue weighted by molar-refractivity contribution is 0.570. The zero-order valence-corrected chi connectivity index (χ0v) is 12.6. The predicted octanol–water partition coefficient (Wildman–Crippen LogP) is 0.153. The van der Waals surface area contributed by atoms with Gasteiger partial charge in [0.05, 0.1) is 22.9 Å². The van der Waals surface area contributed by atoms with Crippen LogP contribution in [0, 0.1) is 0 Å². The van der Waals surface area contributed by atoms with Crippen LogP contribution >= 0.6 is 0 Å². The molecule has 1 saturated heterocycles. The smallest absolute Gasteiger partial charge is 0.204 e. The van der Waals surface area contributed by atoms with Gasteiger partial charge in [0.15, 0.2) is 9.84 Å². The van der Waals surface area contributed by atoms with E-state index in [4.69, 9.17) is 0 Å². The summed E-state index contributed by atoms with van der Waals surface area (Å²) in [6, 6.07) is 0. The zero-order valence-electron chi connectivity index (χ0n) is 11.8. The molecule has 7 heteroatoms. The summed E-state index contributed by atoms with van der Waals surface area (Å²) >= 11 is 0. The van der Waals surface area contributed by atoms with E-state index in [1.54, 1.807) is 0 Å². The van der Waals surface area contributed by atoms with Crippen LogP contribution in [-0.4, -0.2) is 49.6 Å². The van der Waals surface area contributed by atoms with E-state index in [-0.39, 0.29) is 5.25 Å². The molecular formula is C12H22N4O2S. The van der Waals surface area contributed by atoms with E-state index < -0.39 is 9.84 Å². The molecule has 0 spiro atoms. The van der Waals surface area contributed by atoms with E-state index in [1.807, 2.05) is 36.8 Å². The van der Waals surface area contributed by atoms with Gasteiger partial charge in [-0.25, -0.2) is 13.4 Å². The van der Waals surface area contributed by atoms with Gasteiger partial charge in [0, 0.05) is 34.2 Å². The van der Waals surface area contributed by atoms with Gasteiger partial charge >= 0.3 is 0 Å². The van der Waals surface area contributed by atoms with Gasteiger partial charge in [-0.1, -0.05) is 0 Å². The minimum atomic E-state index is -2.85. The van der Waals surface area contributed by atoms with Gasteiger partial charge in [0.1, 0.15) is 0 Å². The first-order chi connectivity index (χ1) is 8.92. The minimum Gasteiger partial charge on any atom is -0.348 e. The number of nitrogens with one attached hydrogen (secondary N) is 1.